The Labute approximate surface area is 109 Å². The molecule has 1 saturated heterocycles. The molecule has 0 amide bonds. The fourth-order valence-electron chi connectivity index (χ4n) is 2.63. The summed E-state index contributed by atoms with van der Waals surface area (Å²) in [6.45, 7) is 4.58. The molecular formula is C15H23NO2. The maximum absolute atomic E-state index is 5.97. The van der Waals surface area contributed by atoms with E-state index in [1.165, 1.54) is 12.0 Å². The first-order valence-electron chi connectivity index (χ1n) is 6.84. The lowest BCUT2D eigenvalue weighted by Crippen LogP contribution is -2.30. The van der Waals surface area contributed by atoms with Crippen molar-refractivity contribution in [2.24, 2.45) is 5.92 Å². The Bertz CT molecular complexity index is 365. The fraction of sp³-hybridized carbons (Fsp3) is 0.600. The highest BCUT2D eigenvalue weighted by atomic mass is 16.5. The summed E-state index contributed by atoms with van der Waals surface area (Å²) in [5.74, 6) is 1.49. The first kappa shape index (κ1) is 13.4. The second-order valence-corrected chi connectivity index (χ2v) is 4.76. The van der Waals surface area contributed by atoms with E-state index in [1.807, 2.05) is 20.0 Å². The molecule has 1 heterocycles. The molecular weight excluding hydrogens is 226 g/mol. The van der Waals surface area contributed by atoms with E-state index >= 15 is 0 Å². The highest BCUT2D eigenvalue weighted by Crippen LogP contribution is 2.34. The van der Waals surface area contributed by atoms with Crippen LogP contribution in [-0.2, 0) is 4.74 Å². The molecule has 1 fully saturated rings. The molecule has 3 heteroatoms. The van der Waals surface area contributed by atoms with Gasteiger partial charge in [-0.2, -0.15) is 0 Å². The van der Waals surface area contributed by atoms with Crippen molar-refractivity contribution in [2.45, 2.75) is 25.9 Å². The predicted octanol–water partition coefficient (Wildman–Crippen LogP) is 2.77. The summed E-state index contributed by atoms with van der Waals surface area (Å²) in [4.78, 5) is 0. The van der Waals surface area contributed by atoms with Crippen LogP contribution in [0.4, 0.5) is 0 Å². The summed E-state index contributed by atoms with van der Waals surface area (Å²) in [6, 6.07) is 8.31. The van der Waals surface area contributed by atoms with Crippen molar-refractivity contribution < 1.29 is 9.47 Å². The van der Waals surface area contributed by atoms with Gasteiger partial charge in [-0.1, -0.05) is 12.1 Å². The lowest BCUT2D eigenvalue weighted by atomic mass is 9.89. The van der Waals surface area contributed by atoms with Gasteiger partial charge in [0.05, 0.1) is 12.7 Å². The molecule has 1 aromatic carbocycles. The molecule has 0 saturated carbocycles. The third kappa shape index (κ3) is 3.24. The van der Waals surface area contributed by atoms with Gasteiger partial charge < -0.3 is 14.8 Å². The molecule has 1 N–H and O–H groups in total. The average molecular weight is 249 g/mol. The minimum Gasteiger partial charge on any atom is -0.494 e. The quantitative estimate of drug-likeness (QED) is 0.870. The summed E-state index contributed by atoms with van der Waals surface area (Å²) in [6.07, 6.45) is 2.59. The number of rotatable bonds is 5. The number of ether oxygens (including phenoxy) is 2. The van der Waals surface area contributed by atoms with Crippen LogP contribution in [0.1, 0.15) is 31.4 Å². The molecule has 1 aliphatic heterocycles. The largest absolute Gasteiger partial charge is 0.494 e. The van der Waals surface area contributed by atoms with Gasteiger partial charge in [-0.3, -0.25) is 0 Å². The van der Waals surface area contributed by atoms with Gasteiger partial charge in [-0.15, -0.1) is 0 Å². The maximum Gasteiger partial charge on any atom is 0.119 e. The van der Waals surface area contributed by atoms with E-state index in [9.17, 15) is 0 Å². The van der Waals surface area contributed by atoms with Crippen LogP contribution in [0.3, 0.4) is 0 Å². The third-order valence-electron chi connectivity index (χ3n) is 3.41. The van der Waals surface area contributed by atoms with Gasteiger partial charge in [0.15, 0.2) is 0 Å². The lowest BCUT2D eigenvalue weighted by Gasteiger charge is -2.32. The topological polar surface area (TPSA) is 30.5 Å². The van der Waals surface area contributed by atoms with E-state index in [4.69, 9.17) is 9.47 Å². The van der Waals surface area contributed by atoms with Gasteiger partial charge in [0.2, 0.25) is 0 Å². The zero-order valence-corrected chi connectivity index (χ0v) is 11.3. The normalized spacial score (nSPS) is 23.9. The highest BCUT2D eigenvalue weighted by molar-refractivity contribution is 5.30. The van der Waals surface area contributed by atoms with E-state index in [0.717, 1.165) is 25.3 Å². The van der Waals surface area contributed by atoms with Crippen LogP contribution >= 0.6 is 0 Å². The van der Waals surface area contributed by atoms with Crippen LogP contribution in [0, 0.1) is 5.92 Å². The summed E-state index contributed by atoms with van der Waals surface area (Å²) >= 11 is 0. The Hall–Kier alpha value is -1.06. The third-order valence-corrected chi connectivity index (χ3v) is 3.41. The predicted molar refractivity (Wildman–Crippen MR) is 73.0 cm³/mol. The molecule has 0 spiro atoms. The van der Waals surface area contributed by atoms with Crippen molar-refractivity contribution in [1.82, 2.24) is 5.32 Å². The van der Waals surface area contributed by atoms with Gasteiger partial charge in [0.25, 0.3) is 0 Å². The number of benzene rings is 1. The summed E-state index contributed by atoms with van der Waals surface area (Å²) in [5.41, 5.74) is 1.24. The van der Waals surface area contributed by atoms with Crippen molar-refractivity contribution in [3.8, 4) is 5.75 Å². The number of nitrogens with one attached hydrogen (secondary N) is 1. The van der Waals surface area contributed by atoms with Gasteiger partial charge in [0, 0.05) is 19.1 Å². The molecule has 0 aromatic heterocycles. The van der Waals surface area contributed by atoms with Crippen molar-refractivity contribution in [2.75, 3.05) is 26.8 Å². The number of hydrogen-bond acceptors (Lipinski definition) is 3. The Balaban J connectivity index is 2.14. The Morgan fingerprint density at radius 2 is 2.33 bits per heavy atom. The smallest absolute Gasteiger partial charge is 0.119 e. The van der Waals surface area contributed by atoms with E-state index in [1.54, 1.807) is 0 Å². The van der Waals surface area contributed by atoms with Crippen molar-refractivity contribution in [3.05, 3.63) is 29.8 Å². The molecule has 1 aromatic rings. The van der Waals surface area contributed by atoms with Crippen molar-refractivity contribution >= 4 is 0 Å². The first-order chi connectivity index (χ1) is 8.85. The van der Waals surface area contributed by atoms with Crippen LogP contribution in [-0.4, -0.2) is 26.8 Å². The van der Waals surface area contributed by atoms with Crippen LogP contribution in [0.2, 0.25) is 0 Å². The second kappa shape index (κ2) is 6.76. The molecule has 2 atom stereocenters. The van der Waals surface area contributed by atoms with Gasteiger partial charge >= 0.3 is 0 Å². The average Bonchev–Trinajstić information content (AvgIpc) is 2.40. The SMILES string of the molecule is CCOc1cccc(C2OCCCC2CNC)c1. The fourth-order valence-corrected chi connectivity index (χ4v) is 2.63. The molecule has 3 nitrogen and oxygen atoms in total. The minimum absolute atomic E-state index is 0.201. The van der Waals surface area contributed by atoms with Crippen LogP contribution in [0.15, 0.2) is 24.3 Å². The van der Waals surface area contributed by atoms with Gasteiger partial charge in [-0.05, 0) is 44.5 Å². The first-order valence-corrected chi connectivity index (χ1v) is 6.84. The second-order valence-electron chi connectivity index (χ2n) is 4.76. The van der Waals surface area contributed by atoms with Crippen LogP contribution in [0.5, 0.6) is 5.75 Å². The van der Waals surface area contributed by atoms with E-state index in [0.29, 0.717) is 12.5 Å². The molecule has 0 bridgehead atoms. The molecule has 0 aliphatic carbocycles. The summed E-state index contributed by atoms with van der Waals surface area (Å²) < 4.78 is 11.5. The maximum atomic E-state index is 5.97. The minimum atomic E-state index is 0.201. The molecule has 2 rings (SSSR count). The molecule has 18 heavy (non-hydrogen) atoms. The zero-order chi connectivity index (χ0) is 12.8. The van der Waals surface area contributed by atoms with Gasteiger partial charge in [-0.25, -0.2) is 0 Å². The summed E-state index contributed by atoms with van der Waals surface area (Å²) in [7, 11) is 2.00. The lowest BCUT2D eigenvalue weighted by molar-refractivity contribution is -0.0273. The molecule has 2 unspecified atom stereocenters. The van der Waals surface area contributed by atoms with Crippen LogP contribution < -0.4 is 10.1 Å². The Morgan fingerprint density at radius 3 is 3.11 bits per heavy atom. The van der Waals surface area contributed by atoms with E-state index in [2.05, 4.69) is 23.5 Å². The molecule has 1 aliphatic rings. The number of hydrogen-bond donors (Lipinski definition) is 1. The van der Waals surface area contributed by atoms with E-state index in [-0.39, 0.29) is 6.10 Å². The van der Waals surface area contributed by atoms with E-state index < -0.39 is 0 Å². The Kier molecular flexibility index (Phi) is 5.02. The van der Waals surface area contributed by atoms with Crippen molar-refractivity contribution in [1.29, 1.82) is 0 Å². The highest BCUT2D eigenvalue weighted by Gasteiger charge is 2.27. The molecule has 0 radical (unpaired) electrons. The molecule has 100 valence electrons. The van der Waals surface area contributed by atoms with Crippen LogP contribution in [0.25, 0.3) is 0 Å². The van der Waals surface area contributed by atoms with Gasteiger partial charge in [0.1, 0.15) is 5.75 Å². The Morgan fingerprint density at radius 1 is 1.44 bits per heavy atom. The standard InChI is InChI=1S/C15H23NO2/c1-3-17-14-8-4-6-12(10-14)15-13(11-16-2)7-5-9-18-15/h4,6,8,10,13,15-16H,3,5,7,9,11H2,1-2H3. The monoisotopic (exact) mass is 249 g/mol. The van der Waals surface area contributed by atoms with Crippen molar-refractivity contribution in [3.63, 3.8) is 0 Å². The summed E-state index contributed by atoms with van der Waals surface area (Å²) in [5, 5.41) is 3.27. The zero-order valence-electron chi connectivity index (χ0n) is 11.3.